The maximum Gasteiger partial charge on any atom is 0.236 e. The summed E-state index contributed by atoms with van der Waals surface area (Å²) in [6.07, 6.45) is 2.66. The van der Waals surface area contributed by atoms with Crippen LogP contribution in [0.3, 0.4) is 0 Å². The highest BCUT2D eigenvalue weighted by atomic mass is 16.5. The summed E-state index contributed by atoms with van der Waals surface area (Å²) in [6.45, 7) is 2.63. The van der Waals surface area contributed by atoms with Gasteiger partial charge < -0.3 is 0 Å². The standard InChI is InChI=1S/C19H20N4O/c1-2-11-20-19(23-24)22-21-13-18-16-9-5-3-7-14(16)12-15-8-4-6-10-17(15)18/h3-10,12-13,24H,2,11H2,1H3,(H2,20,22,23)/b21-13+. The quantitative estimate of drug-likeness (QED) is 0.297. The van der Waals surface area contributed by atoms with Gasteiger partial charge in [0.2, 0.25) is 5.96 Å². The van der Waals surface area contributed by atoms with Crippen molar-refractivity contribution in [2.45, 2.75) is 13.3 Å². The third kappa shape index (κ3) is 3.36. The average molecular weight is 320 g/mol. The van der Waals surface area contributed by atoms with E-state index in [2.05, 4.69) is 45.9 Å². The van der Waals surface area contributed by atoms with Crippen LogP contribution in [-0.4, -0.2) is 23.9 Å². The van der Waals surface area contributed by atoms with Gasteiger partial charge in [0.1, 0.15) is 0 Å². The molecule has 0 heterocycles. The number of guanidine groups is 1. The second-order valence-electron chi connectivity index (χ2n) is 5.44. The average Bonchev–Trinajstić information content (AvgIpc) is 2.63. The van der Waals surface area contributed by atoms with Gasteiger partial charge in [-0.05, 0) is 34.0 Å². The lowest BCUT2D eigenvalue weighted by atomic mass is 9.97. The van der Waals surface area contributed by atoms with E-state index in [0.717, 1.165) is 33.5 Å². The first-order valence-electron chi connectivity index (χ1n) is 7.97. The van der Waals surface area contributed by atoms with E-state index in [9.17, 15) is 0 Å². The van der Waals surface area contributed by atoms with Crippen molar-refractivity contribution in [3.05, 3.63) is 60.2 Å². The normalized spacial score (nSPS) is 12.2. The van der Waals surface area contributed by atoms with E-state index in [1.807, 2.05) is 36.7 Å². The first kappa shape index (κ1) is 16.0. The second kappa shape index (κ2) is 7.57. The molecule has 0 fully saturated rings. The molecule has 0 radical (unpaired) electrons. The van der Waals surface area contributed by atoms with E-state index < -0.39 is 0 Å². The monoisotopic (exact) mass is 320 g/mol. The zero-order valence-electron chi connectivity index (χ0n) is 13.5. The lowest BCUT2D eigenvalue weighted by Crippen LogP contribution is -2.32. The number of nitrogens with one attached hydrogen (secondary N) is 2. The Morgan fingerprint density at radius 2 is 1.67 bits per heavy atom. The number of fused-ring (bicyclic) bond motifs is 2. The molecule has 0 bridgehead atoms. The van der Waals surface area contributed by atoms with Gasteiger partial charge in [-0.1, -0.05) is 55.5 Å². The van der Waals surface area contributed by atoms with Crippen LogP contribution in [0.2, 0.25) is 0 Å². The molecule has 0 atom stereocenters. The number of hydrogen-bond acceptors (Lipinski definition) is 3. The lowest BCUT2D eigenvalue weighted by Gasteiger charge is -2.08. The third-order valence-corrected chi connectivity index (χ3v) is 3.78. The molecule has 5 nitrogen and oxygen atoms in total. The van der Waals surface area contributed by atoms with E-state index in [4.69, 9.17) is 5.21 Å². The Balaban J connectivity index is 2.01. The van der Waals surface area contributed by atoms with Crippen LogP contribution in [-0.2, 0) is 0 Å². The van der Waals surface area contributed by atoms with E-state index in [1.54, 1.807) is 6.21 Å². The van der Waals surface area contributed by atoms with Gasteiger partial charge >= 0.3 is 0 Å². The first-order valence-corrected chi connectivity index (χ1v) is 7.97. The maximum absolute atomic E-state index is 9.08. The Labute approximate surface area is 140 Å². The smallest absolute Gasteiger partial charge is 0.236 e. The minimum absolute atomic E-state index is 0.234. The molecule has 5 heteroatoms. The van der Waals surface area contributed by atoms with Gasteiger partial charge in [-0.25, -0.2) is 10.9 Å². The molecule has 0 aliphatic carbocycles. The number of hydrazone groups is 1. The van der Waals surface area contributed by atoms with Gasteiger partial charge in [-0.2, -0.15) is 5.10 Å². The predicted molar refractivity (Wildman–Crippen MR) is 99.7 cm³/mol. The summed E-state index contributed by atoms with van der Waals surface area (Å²) in [4.78, 5) is 4.15. The molecule has 0 amide bonds. The van der Waals surface area contributed by atoms with Crippen molar-refractivity contribution in [3.8, 4) is 0 Å². The van der Waals surface area contributed by atoms with Crippen LogP contribution in [0, 0.1) is 0 Å². The van der Waals surface area contributed by atoms with Crippen molar-refractivity contribution in [2.75, 3.05) is 6.54 Å². The lowest BCUT2D eigenvalue weighted by molar-refractivity contribution is 0.229. The molecule has 0 aliphatic heterocycles. The largest absolute Gasteiger partial charge is 0.288 e. The fourth-order valence-electron chi connectivity index (χ4n) is 2.67. The topological polar surface area (TPSA) is 69.0 Å². The maximum atomic E-state index is 9.08. The molecular weight excluding hydrogens is 300 g/mol. The molecule has 0 aromatic heterocycles. The third-order valence-electron chi connectivity index (χ3n) is 3.78. The van der Waals surface area contributed by atoms with Crippen molar-refractivity contribution in [1.82, 2.24) is 10.9 Å². The van der Waals surface area contributed by atoms with Gasteiger partial charge in [-0.15, -0.1) is 0 Å². The number of rotatable bonds is 4. The number of hydrogen-bond donors (Lipinski definition) is 3. The van der Waals surface area contributed by atoms with E-state index in [1.165, 1.54) is 0 Å². The Morgan fingerprint density at radius 3 is 2.25 bits per heavy atom. The molecule has 3 rings (SSSR count). The fraction of sp³-hybridized carbons (Fsp3) is 0.158. The van der Waals surface area contributed by atoms with Crippen LogP contribution < -0.4 is 10.9 Å². The number of hydroxylamine groups is 1. The van der Waals surface area contributed by atoms with Crippen LogP contribution in [0.15, 0.2) is 64.7 Å². The Morgan fingerprint density at radius 1 is 1.04 bits per heavy atom. The summed E-state index contributed by atoms with van der Waals surface area (Å²) in [7, 11) is 0. The number of aliphatic imine (C=N–C) groups is 1. The summed E-state index contributed by atoms with van der Waals surface area (Å²) >= 11 is 0. The Bertz CT molecular complexity index is 848. The Hall–Kier alpha value is -2.92. The molecule has 0 aliphatic rings. The Kier molecular flexibility index (Phi) is 5.03. The minimum atomic E-state index is 0.234. The molecule has 3 aromatic rings. The molecule has 3 N–H and O–H groups in total. The molecule has 0 saturated carbocycles. The van der Waals surface area contributed by atoms with Crippen molar-refractivity contribution < 1.29 is 5.21 Å². The van der Waals surface area contributed by atoms with Crippen LogP contribution in [0.5, 0.6) is 0 Å². The van der Waals surface area contributed by atoms with Crippen LogP contribution in [0.4, 0.5) is 0 Å². The zero-order valence-corrected chi connectivity index (χ0v) is 13.5. The van der Waals surface area contributed by atoms with Crippen LogP contribution in [0.25, 0.3) is 21.5 Å². The van der Waals surface area contributed by atoms with Gasteiger partial charge in [0.05, 0.1) is 6.21 Å². The van der Waals surface area contributed by atoms with Gasteiger partial charge in [-0.3, -0.25) is 10.2 Å². The first-order chi connectivity index (χ1) is 11.8. The molecule has 0 saturated heterocycles. The van der Waals surface area contributed by atoms with Crippen LogP contribution in [0.1, 0.15) is 18.9 Å². The summed E-state index contributed by atoms with van der Waals surface area (Å²) < 4.78 is 0. The van der Waals surface area contributed by atoms with Crippen LogP contribution >= 0.6 is 0 Å². The molecular formula is C19H20N4O. The highest BCUT2D eigenvalue weighted by Crippen LogP contribution is 2.27. The van der Waals surface area contributed by atoms with Gasteiger partial charge in [0.15, 0.2) is 0 Å². The summed E-state index contributed by atoms with van der Waals surface area (Å²) in [5.41, 5.74) is 5.79. The predicted octanol–water partition coefficient (Wildman–Crippen LogP) is 3.66. The van der Waals surface area contributed by atoms with Gasteiger partial charge in [0, 0.05) is 12.1 Å². The molecule has 0 spiro atoms. The van der Waals surface area contributed by atoms with E-state index in [-0.39, 0.29) is 5.96 Å². The molecule has 122 valence electrons. The van der Waals surface area contributed by atoms with E-state index >= 15 is 0 Å². The summed E-state index contributed by atoms with van der Waals surface area (Å²) in [5, 5.41) is 17.9. The van der Waals surface area contributed by atoms with Crippen molar-refractivity contribution in [2.24, 2.45) is 10.1 Å². The van der Waals surface area contributed by atoms with Crippen molar-refractivity contribution in [1.29, 1.82) is 0 Å². The molecule has 3 aromatic carbocycles. The van der Waals surface area contributed by atoms with Crippen molar-refractivity contribution in [3.63, 3.8) is 0 Å². The summed E-state index contributed by atoms with van der Waals surface area (Å²) in [6, 6.07) is 18.6. The second-order valence-corrected chi connectivity index (χ2v) is 5.44. The highest BCUT2D eigenvalue weighted by molar-refractivity contribution is 6.13. The van der Waals surface area contributed by atoms with Gasteiger partial charge in [0.25, 0.3) is 0 Å². The minimum Gasteiger partial charge on any atom is -0.288 e. The number of benzene rings is 3. The van der Waals surface area contributed by atoms with Crippen molar-refractivity contribution >= 4 is 33.7 Å². The number of nitrogens with zero attached hydrogens (tertiary/aromatic N) is 2. The fourth-order valence-corrected chi connectivity index (χ4v) is 2.67. The summed E-state index contributed by atoms with van der Waals surface area (Å²) in [5.74, 6) is 0.234. The molecule has 0 unspecified atom stereocenters. The van der Waals surface area contributed by atoms with E-state index in [0.29, 0.717) is 6.54 Å². The zero-order chi connectivity index (χ0) is 16.8. The molecule has 24 heavy (non-hydrogen) atoms. The highest BCUT2D eigenvalue weighted by Gasteiger charge is 2.05. The SMILES string of the molecule is CCCN=C(NO)N/N=C/c1c2ccccc2cc2ccccc12.